The molecular weight excluding hydrogens is 267 g/mol. The van der Waals surface area contributed by atoms with Gasteiger partial charge in [0.15, 0.2) is 0 Å². The molecular formula is C14H20Cl2N2. The molecule has 1 aliphatic heterocycles. The zero-order chi connectivity index (χ0) is 13.1. The first kappa shape index (κ1) is 14.1. The third-order valence-electron chi connectivity index (χ3n) is 3.81. The Labute approximate surface area is 119 Å². The fraction of sp³-hybridized carbons (Fsp3) is 0.571. The summed E-state index contributed by atoms with van der Waals surface area (Å²) in [6.07, 6.45) is 2.50. The quantitative estimate of drug-likeness (QED) is 0.918. The first-order chi connectivity index (χ1) is 8.61. The van der Waals surface area contributed by atoms with E-state index in [0.29, 0.717) is 16.6 Å². The lowest BCUT2D eigenvalue weighted by Crippen LogP contribution is -2.39. The second kappa shape index (κ2) is 6.25. The standard InChI is InChI=1S/C14H20Cl2N2/c1-10-4-6-18(7-5-10)14(9-17)11-2-3-12(15)13(16)8-11/h2-3,8,10,14H,4-7,9,17H2,1H3/t14-/m0/s1. The first-order valence-corrected chi connectivity index (χ1v) is 7.26. The molecule has 0 aliphatic carbocycles. The molecule has 1 fully saturated rings. The topological polar surface area (TPSA) is 29.3 Å². The molecule has 1 aromatic rings. The Bertz CT molecular complexity index is 401. The molecule has 4 heteroatoms. The summed E-state index contributed by atoms with van der Waals surface area (Å²) in [5, 5.41) is 1.21. The average molecular weight is 287 g/mol. The van der Waals surface area contributed by atoms with Crippen molar-refractivity contribution in [3.63, 3.8) is 0 Å². The molecule has 1 saturated heterocycles. The normalized spacial score (nSPS) is 20.0. The van der Waals surface area contributed by atoms with Gasteiger partial charge in [-0.1, -0.05) is 36.2 Å². The van der Waals surface area contributed by atoms with Crippen LogP contribution >= 0.6 is 23.2 Å². The molecule has 100 valence electrons. The van der Waals surface area contributed by atoms with Crippen molar-refractivity contribution in [2.45, 2.75) is 25.8 Å². The minimum atomic E-state index is 0.257. The molecule has 2 rings (SSSR count). The summed E-state index contributed by atoms with van der Waals surface area (Å²) in [4.78, 5) is 2.46. The van der Waals surface area contributed by atoms with E-state index in [-0.39, 0.29) is 6.04 Å². The van der Waals surface area contributed by atoms with Crippen LogP contribution in [0.5, 0.6) is 0 Å². The van der Waals surface area contributed by atoms with Crippen LogP contribution in [-0.2, 0) is 0 Å². The highest BCUT2D eigenvalue weighted by Crippen LogP contribution is 2.30. The van der Waals surface area contributed by atoms with Crippen molar-refractivity contribution in [2.24, 2.45) is 11.7 Å². The van der Waals surface area contributed by atoms with Crippen molar-refractivity contribution in [1.82, 2.24) is 4.90 Å². The number of nitrogens with two attached hydrogens (primary N) is 1. The van der Waals surface area contributed by atoms with Crippen LogP contribution in [0, 0.1) is 5.92 Å². The van der Waals surface area contributed by atoms with Crippen molar-refractivity contribution in [3.05, 3.63) is 33.8 Å². The zero-order valence-corrected chi connectivity index (χ0v) is 12.2. The van der Waals surface area contributed by atoms with Crippen LogP contribution in [0.2, 0.25) is 10.0 Å². The molecule has 2 N–H and O–H groups in total. The summed E-state index contributed by atoms with van der Waals surface area (Å²) in [5.74, 6) is 0.827. The van der Waals surface area contributed by atoms with E-state index < -0.39 is 0 Å². The van der Waals surface area contributed by atoms with Crippen molar-refractivity contribution >= 4 is 23.2 Å². The average Bonchev–Trinajstić information content (AvgIpc) is 2.37. The molecule has 1 aromatic carbocycles. The summed E-state index contributed by atoms with van der Waals surface area (Å²) in [6.45, 7) is 5.16. The van der Waals surface area contributed by atoms with E-state index in [1.807, 2.05) is 18.2 Å². The smallest absolute Gasteiger partial charge is 0.0595 e. The molecule has 0 spiro atoms. The minimum absolute atomic E-state index is 0.257. The molecule has 1 atom stereocenters. The van der Waals surface area contributed by atoms with Gasteiger partial charge in [0.2, 0.25) is 0 Å². The molecule has 0 radical (unpaired) electrons. The van der Waals surface area contributed by atoms with E-state index in [4.69, 9.17) is 28.9 Å². The Balaban J connectivity index is 2.14. The van der Waals surface area contributed by atoms with Crippen LogP contribution in [0.1, 0.15) is 31.4 Å². The monoisotopic (exact) mass is 286 g/mol. The summed E-state index contributed by atoms with van der Waals surface area (Å²) >= 11 is 12.0. The second-order valence-electron chi connectivity index (χ2n) is 5.14. The molecule has 0 saturated carbocycles. The van der Waals surface area contributed by atoms with Crippen LogP contribution < -0.4 is 5.73 Å². The van der Waals surface area contributed by atoms with E-state index >= 15 is 0 Å². The maximum Gasteiger partial charge on any atom is 0.0595 e. The number of hydrogen-bond donors (Lipinski definition) is 1. The van der Waals surface area contributed by atoms with Gasteiger partial charge in [0.25, 0.3) is 0 Å². The maximum atomic E-state index is 6.09. The van der Waals surface area contributed by atoms with Crippen molar-refractivity contribution in [3.8, 4) is 0 Å². The fourth-order valence-electron chi connectivity index (χ4n) is 2.56. The number of benzene rings is 1. The summed E-state index contributed by atoms with van der Waals surface area (Å²) < 4.78 is 0. The highest BCUT2D eigenvalue weighted by atomic mass is 35.5. The third kappa shape index (κ3) is 3.18. The Morgan fingerprint density at radius 1 is 1.28 bits per heavy atom. The van der Waals surface area contributed by atoms with Gasteiger partial charge in [0, 0.05) is 12.6 Å². The van der Waals surface area contributed by atoms with Crippen molar-refractivity contribution in [1.29, 1.82) is 0 Å². The van der Waals surface area contributed by atoms with E-state index in [2.05, 4.69) is 11.8 Å². The van der Waals surface area contributed by atoms with Gasteiger partial charge in [0.05, 0.1) is 10.0 Å². The SMILES string of the molecule is CC1CCN([C@@H](CN)c2ccc(Cl)c(Cl)c2)CC1. The molecule has 0 bridgehead atoms. The van der Waals surface area contributed by atoms with E-state index in [1.54, 1.807) is 0 Å². The van der Waals surface area contributed by atoms with Crippen molar-refractivity contribution < 1.29 is 0 Å². The van der Waals surface area contributed by atoms with Gasteiger partial charge < -0.3 is 5.73 Å². The molecule has 0 unspecified atom stereocenters. The second-order valence-corrected chi connectivity index (χ2v) is 5.96. The van der Waals surface area contributed by atoms with Crippen molar-refractivity contribution in [2.75, 3.05) is 19.6 Å². The van der Waals surface area contributed by atoms with E-state index in [1.165, 1.54) is 18.4 Å². The molecule has 1 heterocycles. The van der Waals surface area contributed by atoms with Crippen LogP contribution in [0.3, 0.4) is 0 Å². The highest BCUT2D eigenvalue weighted by molar-refractivity contribution is 6.42. The van der Waals surface area contributed by atoms with E-state index in [0.717, 1.165) is 19.0 Å². The van der Waals surface area contributed by atoms with Crippen LogP contribution in [0.15, 0.2) is 18.2 Å². The predicted octanol–water partition coefficient (Wildman–Crippen LogP) is 3.73. The molecule has 0 aromatic heterocycles. The molecule has 2 nitrogen and oxygen atoms in total. The Hall–Kier alpha value is -0.280. The summed E-state index contributed by atoms with van der Waals surface area (Å²) in [6, 6.07) is 6.09. The Morgan fingerprint density at radius 2 is 1.94 bits per heavy atom. The van der Waals surface area contributed by atoms with Crippen LogP contribution in [0.25, 0.3) is 0 Å². The van der Waals surface area contributed by atoms with Gasteiger partial charge in [-0.25, -0.2) is 0 Å². The number of piperidine rings is 1. The van der Waals surface area contributed by atoms with Crippen LogP contribution in [0.4, 0.5) is 0 Å². The van der Waals surface area contributed by atoms with Crippen LogP contribution in [-0.4, -0.2) is 24.5 Å². The van der Waals surface area contributed by atoms with E-state index in [9.17, 15) is 0 Å². The summed E-state index contributed by atoms with van der Waals surface area (Å²) in [7, 11) is 0. The summed E-state index contributed by atoms with van der Waals surface area (Å²) in [5.41, 5.74) is 7.11. The maximum absolute atomic E-state index is 6.09. The Kier molecular flexibility index (Phi) is 4.91. The highest BCUT2D eigenvalue weighted by Gasteiger charge is 2.23. The van der Waals surface area contributed by atoms with Gasteiger partial charge >= 0.3 is 0 Å². The predicted molar refractivity (Wildman–Crippen MR) is 78.2 cm³/mol. The first-order valence-electron chi connectivity index (χ1n) is 6.51. The fourth-order valence-corrected chi connectivity index (χ4v) is 2.86. The van der Waals surface area contributed by atoms with Gasteiger partial charge in [-0.15, -0.1) is 0 Å². The van der Waals surface area contributed by atoms with Gasteiger partial charge in [-0.3, -0.25) is 4.90 Å². The third-order valence-corrected chi connectivity index (χ3v) is 4.55. The zero-order valence-electron chi connectivity index (χ0n) is 10.7. The van der Waals surface area contributed by atoms with Gasteiger partial charge in [0.1, 0.15) is 0 Å². The minimum Gasteiger partial charge on any atom is -0.329 e. The number of hydrogen-bond acceptors (Lipinski definition) is 2. The molecule has 1 aliphatic rings. The molecule has 18 heavy (non-hydrogen) atoms. The van der Waals surface area contributed by atoms with Gasteiger partial charge in [-0.2, -0.15) is 0 Å². The number of likely N-dealkylation sites (tertiary alicyclic amines) is 1. The lowest BCUT2D eigenvalue weighted by molar-refractivity contribution is 0.141. The molecule has 0 amide bonds. The van der Waals surface area contributed by atoms with Gasteiger partial charge in [-0.05, 0) is 49.5 Å². The largest absolute Gasteiger partial charge is 0.329 e. The number of nitrogens with zero attached hydrogens (tertiary/aromatic N) is 1. The lowest BCUT2D eigenvalue weighted by Gasteiger charge is -2.36. The Morgan fingerprint density at radius 3 is 2.50 bits per heavy atom. The number of rotatable bonds is 3. The lowest BCUT2D eigenvalue weighted by atomic mass is 9.96. The number of halogens is 2.